The van der Waals surface area contributed by atoms with E-state index in [1.54, 1.807) is 0 Å². The first-order valence-corrected chi connectivity index (χ1v) is 8.54. The van der Waals surface area contributed by atoms with Crippen molar-refractivity contribution in [3.05, 3.63) is 57.8 Å². The Balaban J connectivity index is 1.70. The van der Waals surface area contributed by atoms with Crippen molar-refractivity contribution in [2.24, 2.45) is 0 Å². The van der Waals surface area contributed by atoms with Gasteiger partial charge in [-0.1, -0.05) is 6.07 Å². The van der Waals surface area contributed by atoms with Crippen LogP contribution in [0.3, 0.4) is 0 Å². The van der Waals surface area contributed by atoms with Crippen molar-refractivity contribution in [2.45, 2.75) is 12.7 Å². The highest BCUT2D eigenvalue weighted by molar-refractivity contribution is 7.09. The number of amides is 2. The van der Waals surface area contributed by atoms with Crippen molar-refractivity contribution in [3.63, 3.8) is 0 Å². The SMILES string of the molecule is O=C(COC(=O)CNC(=O)c1ccc(C(F)(F)F)cc1)NCc1cccs1. The lowest BCUT2D eigenvalue weighted by molar-refractivity contribution is -0.147. The average Bonchev–Trinajstić information content (AvgIpc) is 3.15. The number of thiophene rings is 1. The molecule has 1 aromatic heterocycles. The summed E-state index contributed by atoms with van der Waals surface area (Å²) in [5.41, 5.74) is -0.920. The number of benzene rings is 1. The fourth-order valence-electron chi connectivity index (χ4n) is 1.91. The molecule has 1 aromatic carbocycles. The monoisotopic (exact) mass is 400 g/mol. The fraction of sp³-hybridized carbons (Fsp3) is 0.235. The zero-order valence-electron chi connectivity index (χ0n) is 13.8. The predicted molar refractivity (Wildman–Crippen MR) is 90.9 cm³/mol. The van der Waals surface area contributed by atoms with Gasteiger partial charge in [0.2, 0.25) is 0 Å². The van der Waals surface area contributed by atoms with Gasteiger partial charge in [0.1, 0.15) is 6.54 Å². The molecule has 0 aliphatic heterocycles. The Kier molecular flexibility index (Phi) is 6.94. The largest absolute Gasteiger partial charge is 0.454 e. The van der Waals surface area contributed by atoms with Crippen LogP contribution in [-0.2, 0) is 27.0 Å². The molecule has 0 spiro atoms. The molecule has 0 saturated carbocycles. The van der Waals surface area contributed by atoms with Crippen molar-refractivity contribution in [3.8, 4) is 0 Å². The Morgan fingerprint density at radius 3 is 2.33 bits per heavy atom. The number of halogens is 3. The minimum atomic E-state index is -4.50. The van der Waals surface area contributed by atoms with Crippen LogP contribution in [0.2, 0.25) is 0 Å². The number of hydrogen-bond acceptors (Lipinski definition) is 5. The fourth-order valence-corrected chi connectivity index (χ4v) is 2.56. The molecule has 2 aromatic rings. The second-order valence-electron chi connectivity index (χ2n) is 5.27. The molecule has 0 atom stereocenters. The van der Waals surface area contributed by atoms with E-state index in [1.165, 1.54) is 11.3 Å². The normalized spacial score (nSPS) is 10.9. The van der Waals surface area contributed by atoms with Gasteiger partial charge in [-0.25, -0.2) is 0 Å². The summed E-state index contributed by atoms with van der Waals surface area (Å²) in [4.78, 5) is 35.8. The molecule has 0 bridgehead atoms. The van der Waals surface area contributed by atoms with Crippen LogP contribution in [0.15, 0.2) is 41.8 Å². The Labute approximate surface area is 156 Å². The lowest BCUT2D eigenvalue weighted by Gasteiger charge is -2.09. The minimum Gasteiger partial charge on any atom is -0.454 e. The molecule has 0 saturated heterocycles. The molecule has 0 aliphatic carbocycles. The summed E-state index contributed by atoms with van der Waals surface area (Å²) in [7, 11) is 0. The molecular weight excluding hydrogens is 385 g/mol. The van der Waals surface area contributed by atoms with Gasteiger partial charge in [0.25, 0.3) is 11.8 Å². The Bertz CT molecular complexity index is 790. The number of alkyl halides is 3. The van der Waals surface area contributed by atoms with Crippen LogP contribution in [0.25, 0.3) is 0 Å². The number of carbonyl (C=O) groups excluding carboxylic acids is 3. The number of nitrogens with one attached hydrogen (secondary N) is 2. The van der Waals surface area contributed by atoms with Crippen LogP contribution in [0.5, 0.6) is 0 Å². The van der Waals surface area contributed by atoms with E-state index in [0.717, 1.165) is 29.1 Å². The summed E-state index contributed by atoms with van der Waals surface area (Å²) in [6, 6.07) is 7.22. The standard InChI is InChI=1S/C17H15F3N2O4S/c18-17(19,20)12-5-3-11(4-6-12)16(25)22-9-15(24)26-10-14(23)21-8-13-2-1-7-27-13/h1-7H,8-10H2,(H,21,23)(H,22,25). The second kappa shape index (κ2) is 9.17. The predicted octanol–water partition coefficient (Wildman–Crippen LogP) is 2.36. The highest BCUT2D eigenvalue weighted by Crippen LogP contribution is 2.29. The van der Waals surface area contributed by atoms with Gasteiger partial charge in [0.15, 0.2) is 6.61 Å². The van der Waals surface area contributed by atoms with E-state index in [1.807, 2.05) is 17.5 Å². The first-order chi connectivity index (χ1) is 12.8. The molecule has 0 fully saturated rings. The number of esters is 1. The molecule has 6 nitrogen and oxygen atoms in total. The number of carbonyl (C=O) groups is 3. The van der Waals surface area contributed by atoms with Gasteiger partial charge in [-0.3, -0.25) is 14.4 Å². The van der Waals surface area contributed by atoms with Gasteiger partial charge in [0, 0.05) is 10.4 Å². The van der Waals surface area contributed by atoms with Gasteiger partial charge in [-0.2, -0.15) is 13.2 Å². The van der Waals surface area contributed by atoms with E-state index in [2.05, 4.69) is 10.6 Å². The zero-order chi connectivity index (χ0) is 19.9. The van der Waals surface area contributed by atoms with Crippen LogP contribution in [-0.4, -0.2) is 30.9 Å². The average molecular weight is 400 g/mol. The topological polar surface area (TPSA) is 84.5 Å². The smallest absolute Gasteiger partial charge is 0.416 e. The summed E-state index contributed by atoms with van der Waals surface area (Å²) in [6.07, 6.45) is -4.50. The second-order valence-corrected chi connectivity index (χ2v) is 6.31. The first kappa shape index (κ1) is 20.4. The molecule has 27 heavy (non-hydrogen) atoms. The maximum Gasteiger partial charge on any atom is 0.416 e. The summed E-state index contributed by atoms with van der Waals surface area (Å²) in [5, 5.41) is 6.64. The zero-order valence-corrected chi connectivity index (χ0v) is 14.7. The number of hydrogen-bond donors (Lipinski definition) is 2. The molecule has 10 heteroatoms. The summed E-state index contributed by atoms with van der Waals surface area (Å²) < 4.78 is 42.1. The van der Waals surface area contributed by atoms with Crippen LogP contribution < -0.4 is 10.6 Å². The van der Waals surface area contributed by atoms with Crippen LogP contribution in [0.1, 0.15) is 20.8 Å². The van der Waals surface area contributed by atoms with E-state index in [-0.39, 0.29) is 5.56 Å². The Morgan fingerprint density at radius 1 is 1.04 bits per heavy atom. The van der Waals surface area contributed by atoms with Crippen molar-refractivity contribution in [2.75, 3.05) is 13.2 Å². The summed E-state index contributed by atoms with van der Waals surface area (Å²) in [6.45, 7) is -0.697. The molecule has 144 valence electrons. The molecule has 0 radical (unpaired) electrons. The van der Waals surface area contributed by atoms with E-state index >= 15 is 0 Å². The molecular formula is C17H15F3N2O4S. The summed E-state index contributed by atoms with van der Waals surface area (Å²) >= 11 is 1.47. The number of rotatable bonds is 7. The van der Waals surface area contributed by atoms with E-state index in [4.69, 9.17) is 4.74 Å². The quantitative estimate of drug-likeness (QED) is 0.699. The maximum absolute atomic E-state index is 12.5. The van der Waals surface area contributed by atoms with Crippen molar-refractivity contribution in [1.29, 1.82) is 0 Å². The van der Waals surface area contributed by atoms with Crippen LogP contribution >= 0.6 is 11.3 Å². The van der Waals surface area contributed by atoms with E-state index < -0.39 is 42.7 Å². The number of ether oxygens (including phenoxy) is 1. The van der Waals surface area contributed by atoms with Gasteiger partial charge >= 0.3 is 12.1 Å². The van der Waals surface area contributed by atoms with Crippen molar-refractivity contribution in [1.82, 2.24) is 10.6 Å². The lowest BCUT2D eigenvalue weighted by atomic mass is 10.1. The maximum atomic E-state index is 12.5. The molecule has 2 N–H and O–H groups in total. The van der Waals surface area contributed by atoms with Crippen LogP contribution in [0.4, 0.5) is 13.2 Å². The molecule has 2 amide bonds. The Morgan fingerprint density at radius 2 is 1.74 bits per heavy atom. The highest BCUT2D eigenvalue weighted by Gasteiger charge is 2.30. The third-order valence-electron chi connectivity index (χ3n) is 3.27. The molecule has 2 rings (SSSR count). The first-order valence-electron chi connectivity index (χ1n) is 7.66. The van der Waals surface area contributed by atoms with Crippen molar-refractivity contribution >= 4 is 29.1 Å². The van der Waals surface area contributed by atoms with Gasteiger partial charge in [-0.15, -0.1) is 11.3 Å². The minimum absolute atomic E-state index is 0.0375. The van der Waals surface area contributed by atoms with Gasteiger partial charge in [0.05, 0.1) is 12.1 Å². The summed E-state index contributed by atoms with van der Waals surface area (Å²) in [5.74, 6) is -2.07. The van der Waals surface area contributed by atoms with Crippen molar-refractivity contribution < 1.29 is 32.3 Å². The Hall–Kier alpha value is -2.88. The third-order valence-corrected chi connectivity index (χ3v) is 4.15. The third kappa shape index (κ3) is 6.74. The van der Waals surface area contributed by atoms with E-state index in [0.29, 0.717) is 6.54 Å². The van der Waals surface area contributed by atoms with E-state index in [9.17, 15) is 27.6 Å². The van der Waals surface area contributed by atoms with Crippen LogP contribution in [0, 0.1) is 0 Å². The molecule has 0 unspecified atom stereocenters. The lowest BCUT2D eigenvalue weighted by Crippen LogP contribution is -2.33. The molecule has 0 aliphatic rings. The highest BCUT2D eigenvalue weighted by atomic mass is 32.1. The molecule has 1 heterocycles. The van der Waals surface area contributed by atoms with Gasteiger partial charge in [-0.05, 0) is 35.7 Å². The van der Waals surface area contributed by atoms with Gasteiger partial charge < -0.3 is 15.4 Å².